The summed E-state index contributed by atoms with van der Waals surface area (Å²) in [5.41, 5.74) is 2.54. The summed E-state index contributed by atoms with van der Waals surface area (Å²) in [6.07, 6.45) is 5.48. The number of fused-ring (bicyclic) bond motifs is 1. The minimum atomic E-state index is -0.705. The molecular formula is C29H37N3O5. The van der Waals surface area contributed by atoms with Crippen molar-refractivity contribution in [1.29, 1.82) is 0 Å². The Kier molecular flexibility index (Phi) is 7.76. The van der Waals surface area contributed by atoms with E-state index in [-0.39, 0.29) is 12.1 Å². The first kappa shape index (κ1) is 26.5. The third-order valence-electron chi connectivity index (χ3n) is 6.35. The second-order valence-corrected chi connectivity index (χ2v) is 11.2. The number of likely N-dealkylation sites (tertiary alicyclic amines) is 1. The van der Waals surface area contributed by atoms with E-state index in [2.05, 4.69) is 22.4 Å². The number of hydrogen-bond donors (Lipinski definition) is 1. The molecule has 1 aliphatic heterocycles. The second-order valence-electron chi connectivity index (χ2n) is 11.2. The maximum atomic E-state index is 12.8. The van der Waals surface area contributed by atoms with Gasteiger partial charge in [0.1, 0.15) is 16.8 Å². The molecule has 1 N–H and O–H groups in total. The number of aryl methyl sites for hydroxylation is 1. The lowest BCUT2D eigenvalue weighted by Crippen LogP contribution is -2.51. The van der Waals surface area contributed by atoms with Crippen molar-refractivity contribution in [1.82, 2.24) is 15.2 Å². The summed E-state index contributed by atoms with van der Waals surface area (Å²) in [4.78, 5) is 31.3. The summed E-state index contributed by atoms with van der Waals surface area (Å²) < 4.78 is 17.1. The van der Waals surface area contributed by atoms with Gasteiger partial charge in [-0.25, -0.2) is 9.59 Å². The minimum Gasteiger partial charge on any atom is -0.464 e. The highest BCUT2D eigenvalue weighted by Gasteiger charge is 2.30. The van der Waals surface area contributed by atoms with Crippen LogP contribution >= 0.6 is 0 Å². The smallest absolute Gasteiger partial charge is 0.410 e. The summed E-state index contributed by atoms with van der Waals surface area (Å²) in [5.74, 6) is 0. The van der Waals surface area contributed by atoms with Gasteiger partial charge in [0.2, 0.25) is 0 Å². The Hall–Kier alpha value is -3.55. The molecule has 0 spiro atoms. The van der Waals surface area contributed by atoms with Gasteiger partial charge in [-0.05, 0) is 96.2 Å². The third-order valence-corrected chi connectivity index (χ3v) is 6.35. The number of amides is 2. The molecule has 2 aromatic heterocycles. The van der Waals surface area contributed by atoms with E-state index >= 15 is 0 Å². The number of piperidine rings is 1. The minimum absolute atomic E-state index is 0.178. The van der Waals surface area contributed by atoms with E-state index in [4.69, 9.17) is 13.9 Å². The Labute approximate surface area is 218 Å². The third kappa shape index (κ3) is 7.24. The van der Waals surface area contributed by atoms with Crippen molar-refractivity contribution in [3.63, 3.8) is 0 Å². The largest absolute Gasteiger partial charge is 0.464 e. The summed E-state index contributed by atoms with van der Waals surface area (Å²) in [6.45, 7) is 10.4. The van der Waals surface area contributed by atoms with E-state index in [1.807, 2.05) is 58.9 Å². The Morgan fingerprint density at radius 1 is 1.14 bits per heavy atom. The van der Waals surface area contributed by atoms with E-state index in [0.717, 1.165) is 40.6 Å². The van der Waals surface area contributed by atoms with Crippen molar-refractivity contribution in [2.45, 2.75) is 77.5 Å². The molecule has 8 nitrogen and oxygen atoms in total. The normalized spacial score (nSPS) is 16.5. The van der Waals surface area contributed by atoms with Gasteiger partial charge in [-0.15, -0.1) is 0 Å². The van der Waals surface area contributed by atoms with Crippen LogP contribution in [0.4, 0.5) is 9.59 Å². The van der Waals surface area contributed by atoms with Crippen molar-refractivity contribution >= 4 is 23.2 Å². The molecule has 8 heteroatoms. The standard InChI is InChI=1S/C29H37N3O5/c1-28(2,3)37-27(34)32-15-8-9-23(19-32)31-26(33)36-29(4,5)13-11-20-17-22(24-10-6-7-14-30-24)18-21-12-16-35-25(20)21/h6-7,10,12,14,16-18,23H,8-9,11,13,15,19H2,1-5H3,(H,31,33). The van der Waals surface area contributed by atoms with Gasteiger partial charge in [0.15, 0.2) is 0 Å². The van der Waals surface area contributed by atoms with E-state index in [0.29, 0.717) is 25.9 Å². The zero-order valence-corrected chi connectivity index (χ0v) is 22.4. The van der Waals surface area contributed by atoms with Crippen molar-refractivity contribution in [2.24, 2.45) is 0 Å². The number of carbonyl (C=O) groups is 2. The molecule has 0 aliphatic carbocycles. The van der Waals surface area contributed by atoms with Crippen LogP contribution in [0.5, 0.6) is 0 Å². The van der Waals surface area contributed by atoms with Crippen LogP contribution in [0.1, 0.15) is 59.4 Å². The number of rotatable bonds is 6. The fraction of sp³-hybridized carbons (Fsp3) is 0.483. The lowest BCUT2D eigenvalue weighted by molar-refractivity contribution is 0.0135. The van der Waals surface area contributed by atoms with Crippen molar-refractivity contribution in [2.75, 3.05) is 13.1 Å². The number of carbonyl (C=O) groups excluding carboxylic acids is 2. The summed E-state index contributed by atoms with van der Waals surface area (Å²) >= 11 is 0. The number of ether oxygens (including phenoxy) is 2. The first-order chi connectivity index (χ1) is 17.5. The van der Waals surface area contributed by atoms with Gasteiger partial charge in [0.05, 0.1) is 12.0 Å². The molecular weight excluding hydrogens is 470 g/mol. The first-order valence-electron chi connectivity index (χ1n) is 12.9. The van der Waals surface area contributed by atoms with Crippen molar-refractivity contribution < 1.29 is 23.5 Å². The molecule has 198 valence electrons. The maximum absolute atomic E-state index is 12.8. The molecule has 1 fully saturated rings. The topological polar surface area (TPSA) is 93.9 Å². The van der Waals surface area contributed by atoms with Crippen molar-refractivity contribution in [3.05, 3.63) is 54.4 Å². The van der Waals surface area contributed by atoms with Gasteiger partial charge in [0, 0.05) is 36.3 Å². The predicted molar refractivity (Wildman–Crippen MR) is 142 cm³/mol. The number of benzene rings is 1. The Bertz CT molecular complexity index is 1230. The first-order valence-corrected chi connectivity index (χ1v) is 12.9. The molecule has 0 radical (unpaired) electrons. The monoisotopic (exact) mass is 507 g/mol. The Morgan fingerprint density at radius 2 is 1.95 bits per heavy atom. The van der Waals surface area contributed by atoms with E-state index < -0.39 is 17.3 Å². The highest BCUT2D eigenvalue weighted by atomic mass is 16.6. The highest BCUT2D eigenvalue weighted by Crippen LogP contribution is 2.30. The molecule has 1 atom stereocenters. The van der Waals surface area contributed by atoms with Gasteiger partial charge in [0.25, 0.3) is 0 Å². The number of nitrogens with zero attached hydrogens (tertiary/aromatic N) is 2. The lowest BCUT2D eigenvalue weighted by Gasteiger charge is -2.35. The van der Waals surface area contributed by atoms with Crippen LogP contribution in [0, 0.1) is 0 Å². The van der Waals surface area contributed by atoms with Crippen LogP contribution in [-0.2, 0) is 15.9 Å². The van der Waals surface area contributed by atoms with Gasteiger partial charge < -0.3 is 24.1 Å². The predicted octanol–water partition coefficient (Wildman–Crippen LogP) is 6.33. The zero-order valence-electron chi connectivity index (χ0n) is 22.4. The number of alkyl carbamates (subject to hydrolysis) is 1. The molecule has 4 rings (SSSR count). The molecule has 37 heavy (non-hydrogen) atoms. The molecule has 0 bridgehead atoms. The van der Waals surface area contributed by atoms with Crippen LogP contribution in [0.3, 0.4) is 0 Å². The number of hydrogen-bond acceptors (Lipinski definition) is 6. The highest BCUT2D eigenvalue weighted by molar-refractivity contribution is 5.85. The molecule has 3 heterocycles. The van der Waals surface area contributed by atoms with Crippen LogP contribution in [0.15, 0.2) is 53.3 Å². The van der Waals surface area contributed by atoms with Crippen LogP contribution in [0.25, 0.3) is 22.2 Å². The molecule has 3 aromatic rings. The molecule has 1 unspecified atom stereocenters. The number of aromatic nitrogens is 1. The van der Waals surface area contributed by atoms with E-state index in [1.54, 1.807) is 17.4 Å². The van der Waals surface area contributed by atoms with Gasteiger partial charge >= 0.3 is 12.2 Å². The quantitative estimate of drug-likeness (QED) is 0.419. The average molecular weight is 508 g/mol. The van der Waals surface area contributed by atoms with E-state index in [1.165, 1.54) is 0 Å². The fourth-order valence-electron chi connectivity index (χ4n) is 4.54. The second kappa shape index (κ2) is 10.8. The molecule has 2 amide bonds. The SMILES string of the molecule is CC(C)(C)OC(=O)N1CCCC(NC(=O)OC(C)(C)CCc2cc(-c3ccccn3)cc3ccoc23)C1. The summed E-state index contributed by atoms with van der Waals surface area (Å²) in [6, 6.07) is 11.8. The van der Waals surface area contributed by atoms with Crippen LogP contribution in [0.2, 0.25) is 0 Å². The Balaban J connectivity index is 1.35. The number of nitrogens with one attached hydrogen (secondary N) is 1. The average Bonchev–Trinajstić information content (AvgIpc) is 3.31. The fourth-order valence-corrected chi connectivity index (χ4v) is 4.54. The molecule has 1 aliphatic rings. The zero-order chi connectivity index (χ0) is 26.6. The van der Waals surface area contributed by atoms with Crippen LogP contribution < -0.4 is 5.32 Å². The van der Waals surface area contributed by atoms with E-state index in [9.17, 15) is 9.59 Å². The van der Waals surface area contributed by atoms with Crippen molar-refractivity contribution in [3.8, 4) is 11.3 Å². The molecule has 1 aromatic carbocycles. The van der Waals surface area contributed by atoms with Gasteiger partial charge in [-0.1, -0.05) is 6.07 Å². The lowest BCUT2D eigenvalue weighted by atomic mass is 9.95. The summed E-state index contributed by atoms with van der Waals surface area (Å²) in [7, 11) is 0. The molecule has 0 saturated carbocycles. The number of furan rings is 1. The maximum Gasteiger partial charge on any atom is 0.410 e. The van der Waals surface area contributed by atoms with Gasteiger partial charge in [-0.3, -0.25) is 4.98 Å². The Morgan fingerprint density at radius 3 is 2.68 bits per heavy atom. The molecule has 1 saturated heterocycles. The van der Waals surface area contributed by atoms with Crippen LogP contribution in [-0.4, -0.2) is 52.4 Å². The number of pyridine rings is 1. The van der Waals surface area contributed by atoms with Gasteiger partial charge in [-0.2, -0.15) is 0 Å². The summed E-state index contributed by atoms with van der Waals surface area (Å²) in [5, 5.41) is 3.95.